The van der Waals surface area contributed by atoms with Crippen LogP contribution in [0.1, 0.15) is 59.3 Å². The summed E-state index contributed by atoms with van der Waals surface area (Å²) in [6, 6.07) is 26.4. The van der Waals surface area contributed by atoms with Crippen molar-refractivity contribution in [3.63, 3.8) is 0 Å². The number of carbonyl (C=O) groups is 1. The normalized spacial score (nSPS) is 11.1. The maximum absolute atomic E-state index is 12.3. The molecule has 0 heterocycles. The molecule has 0 radical (unpaired) electrons. The zero-order valence-corrected chi connectivity index (χ0v) is 27.3. The Kier molecular flexibility index (Phi) is 13.1. The molecule has 240 valence electrons. The van der Waals surface area contributed by atoms with E-state index < -0.39 is 5.97 Å². The van der Waals surface area contributed by atoms with Gasteiger partial charge in [-0.05, 0) is 67.1 Å². The monoisotopic (exact) mass is 640 g/mol. The van der Waals surface area contributed by atoms with E-state index in [-0.39, 0.29) is 0 Å². The molecule has 4 aromatic rings. The average molecular weight is 641 g/mol. The summed E-state index contributed by atoms with van der Waals surface area (Å²) in [5.74, 6) is 2.62. The minimum absolute atomic E-state index is 0.357. The van der Waals surface area contributed by atoms with E-state index in [9.17, 15) is 4.79 Å². The lowest BCUT2D eigenvalue weighted by molar-refractivity contribution is 0.0598. The van der Waals surface area contributed by atoms with Gasteiger partial charge in [-0.25, -0.2) is 9.19 Å². The van der Waals surface area contributed by atoms with Gasteiger partial charge in [-0.2, -0.15) is 0 Å². The van der Waals surface area contributed by atoms with Gasteiger partial charge in [0.05, 0.1) is 26.0 Å². The number of hydrogen-bond donors (Lipinski definition) is 2. The molecule has 0 aliphatic rings. The van der Waals surface area contributed by atoms with Gasteiger partial charge in [-0.3, -0.25) is 0 Å². The van der Waals surface area contributed by atoms with Crippen molar-refractivity contribution in [1.29, 1.82) is 5.41 Å². The Labute approximate surface area is 276 Å². The van der Waals surface area contributed by atoms with Crippen LogP contribution in [-0.4, -0.2) is 38.2 Å². The number of thiol groups is 1. The summed E-state index contributed by atoms with van der Waals surface area (Å²) in [6.45, 7) is 5.36. The van der Waals surface area contributed by atoms with E-state index in [2.05, 4.69) is 31.1 Å². The highest BCUT2D eigenvalue weighted by molar-refractivity contribution is 7.79. The lowest BCUT2D eigenvalue weighted by Crippen LogP contribution is -2.10. The van der Waals surface area contributed by atoms with Crippen molar-refractivity contribution in [1.82, 2.24) is 0 Å². The van der Waals surface area contributed by atoms with Crippen LogP contribution in [0.25, 0.3) is 0 Å². The van der Waals surface area contributed by atoms with E-state index in [4.69, 9.17) is 29.1 Å². The molecule has 0 fully saturated rings. The van der Waals surface area contributed by atoms with Crippen molar-refractivity contribution >= 4 is 30.7 Å². The third kappa shape index (κ3) is 8.91. The molecule has 0 atom stereocenters. The number of carbonyl (C=O) groups excluding carboxylic acids is 1. The van der Waals surface area contributed by atoms with Gasteiger partial charge in [-0.1, -0.05) is 68.8 Å². The number of esters is 1. The van der Waals surface area contributed by atoms with Gasteiger partial charge in [0, 0.05) is 29.8 Å². The van der Waals surface area contributed by atoms with Crippen LogP contribution in [0, 0.1) is 5.41 Å². The summed E-state index contributed by atoms with van der Waals surface area (Å²) in [5, 5.41) is 7.81. The lowest BCUT2D eigenvalue weighted by Gasteiger charge is -2.18. The van der Waals surface area contributed by atoms with E-state index in [1.54, 1.807) is 18.2 Å². The second kappa shape index (κ2) is 17.7. The fraction of sp³-hybridized carbons (Fsp3) is 0.270. The molecule has 4 rings (SSSR count). The number of methoxy groups -OCH3 is 1. The van der Waals surface area contributed by atoms with Gasteiger partial charge in [0.2, 0.25) is 0 Å². The molecule has 0 amide bonds. The van der Waals surface area contributed by atoms with E-state index >= 15 is 0 Å². The van der Waals surface area contributed by atoms with Gasteiger partial charge in [-0.15, -0.1) is 0 Å². The standard InChI is InChI=1S/C37H40N2O6S/c1-4-13-28-32(18-11-19-33(28)45-34-17-10-9-16-29(34)37(40)41-3)42-20-12-21-43-35-23-36(44-25-26-14-7-6-8-15-26)30(22-27(35)5-2)31(24-38)39-46/h6-11,14-19,22-24,38,46H,4-5,12-13,20-21,25H2,1-3H3/b38-24?,39-31+. The molecule has 0 saturated heterocycles. The molecule has 0 unspecified atom stereocenters. The van der Waals surface area contributed by atoms with Gasteiger partial charge >= 0.3 is 5.97 Å². The van der Waals surface area contributed by atoms with Crippen LogP contribution in [-0.2, 0) is 24.2 Å². The molecule has 0 aromatic heterocycles. The largest absolute Gasteiger partial charge is 0.493 e. The van der Waals surface area contributed by atoms with Crippen LogP contribution < -0.4 is 18.9 Å². The Bertz CT molecular complexity index is 1640. The highest BCUT2D eigenvalue weighted by Gasteiger charge is 2.18. The highest BCUT2D eigenvalue weighted by Crippen LogP contribution is 2.35. The first-order chi connectivity index (χ1) is 22.5. The number of ether oxygens (including phenoxy) is 5. The summed E-state index contributed by atoms with van der Waals surface area (Å²) in [4.78, 5) is 12.3. The predicted molar refractivity (Wildman–Crippen MR) is 185 cm³/mol. The second-order valence-electron chi connectivity index (χ2n) is 10.3. The van der Waals surface area contributed by atoms with Crippen LogP contribution in [0.15, 0.2) is 89.3 Å². The number of hydrogen-bond acceptors (Lipinski definition) is 9. The fourth-order valence-corrected chi connectivity index (χ4v) is 5.05. The molecule has 46 heavy (non-hydrogen) atoms. The quantitative estimate of drug-likeness (QED) is 0.0520. The third-order valence-corrected chi connectivity index (χ3v) is 7.42. The van der Waals surface area contributed by atoms with Crippen molar-refractivity contribution in [2.75, 3.05) is 20.3 Å². The summed E-state index contributed by atoms with van der Waals surface area (Å²) < 4.78 is 33.8. The Morgan fingerprint density at radius 1 is 0.804 bits per heavy atom. The lowest BCUT2D eigenvalue weighted by atomic mass is 10.0. The van der Waals surface area contributed by atoms with Crippen LogP contribution in [0.4, 0.5) is 0 Å². The molecule has 0 saturated carbocycles. The number of aryl methyl sites for hydroxylation is 1. The minimum atomic E-state index is -0.458. The van der Waals surface area contributed by atoms with Gasteiger partial charge in [0.1, 0.15) is 40.9 Å². The first kappa shape index (κ1) is 34.1. The van der Waals surface area contributed by atoms with E-state index in [1.165, 1.54) is 13.3 Å². The van der Waals surface area contributed by atoms with Gasteiger partial charge in [0.15, 0.2) is 0 Å². The SMILES string of the molecule is CCCc1c(OCCCOc2cc(OCc3ccccc3)c(/C(C=N)=N/S)cc2CC)cccc1Oc1ccccc1C(=O)OC. The maximum atomic E-state index is 12.3. The summed E-state index contributed by atoms with van der Waals surface area (Å²) >= 11 is 4.07. The summed E-state index contributed by atoms with van der Waals surface area (Å²) in [7, 11) is 1.35. The number of para-hydroxylation sites is 1. The molecule has 0 bridgehead atoms. The smallest absolute Gasteiger partial charge is 0.341 e. The minimum Gasteiger partial charge on any atom is -0.493 e. The van der Waals surface area contributed by atoms with E-state index in [1.807, 2.05) is 66.7 Å². The number of benzene rings is 4. The fourth-order valence-electron chi connectivity index (χ4n) is 4.88. The Morgan fingerprint density at radius 3 is 2.20 bits per heavy atom. The first-order valence-corrected chi connectivity index (χ1v) is 15.7. The van der Waals surface area contributed by atoms with Crippen LogP contribution in [0.2, 0.25) is 0 Å². The predicted octanol–water partition coefficient (Wildman–Crippen LogP) is 8.49. The van der Waals surface area contributed by atoms with Crippen LogP contribution in [0.5, 0.6) is 28.7 Å². The molecule has 0 aliphatic heterocycles. The Balaban J connectivity index is 1.45. The Morgan fingerprint density at radius 2 is 1.50 bits per heavy atom. The number of nitrogens with one attached hydrogen (secondary N) is 1. The Hall–Kier alpha value is -4.76. The molecular formula is C37H40N2O6S. The molecule has 9 heteroatoms. The van der Waals surface area contributed by atoms with Gasteiger partial charge in [0.25, 0.3) is 0 Å². The topological polar surface area (TPSA) is 99.4 Å². The van der Waals surface area contributed by atoms with Crippen molar-refractivity contribution in [2.45, 2.75) is 46.1 Å². The molecule has 0 aliphatic carbocycles. The second-order valence-corrected chi connectivity index (χ2v) is 10.5. The number of rotatable bonds is 17. The molecule has 8 nitrogen and oxygen atoms in total. The van der Waals surface area contributed by atoms with E-state index in [0.29, 0.717) is 66.1 Å². The third-order valence-electron chi connectivity index (χ3n) is 7.21. The molecule has 0 spiro atoms. The van der Waals surface area contributed by atoms with Crippen LogP contribution >= 0.6 is 12.8 Å². The summed E-state index contributed by atoms with van der Waals surface area (Å²) in [6.07, 6.45) is 4.16. The first-order valence-electron chi connectivity index (χ1n) is 15.3. The molecular weight excluding hydrogens is 600 g/mol. The van der Waals surface area contributed by atoms with Crippen molar-refractivity contribution in [3.05, 3.63) is 113 Å². The van der Waals surface area contributed by atoms with Crippen LogP contribution in [0.3, 0.4) is 0 Å². The van der Waals surface area contributed by atoms with Crippen molar-refractivity contribution in [3.8, 4) is 28.7 Å². The molecule has 4 aromatic carbocycles. The number of nitrogens with zero attached hydrogens (tertiary/aromatic N) is 1. The summed E-state index contributed by atoms with van der Waals surface area (Å²) in [5.41, 5.74) is 4.38. The zero-order valence-electron chi connectivity index (χ0n) is 26.5. The van der Waals surface area contributed by atoms with Crippen molar-refractivity contribution < 1.29 is 28.5 Å². The average Bonchev–Trinajstić information content (AvgIpc) is 3.09. The highest BCUT2D eigenvalue weighted by atomic mass is 32.1. The zero-order chi connectivity index (χ0) is 32.7. The van der Waals surface area contributed by atoms with Gasteiger partial charge < -0.3 is 29.1 Å². The van der Waals surface area contributed by atoms with Crippen molar-refractivity contribution in [2.24, 2.45) is 4.40 Å². The molecule has 1 N–H and O–H groups in total. The maximum Gasteiger partial charge on any atom is 0.341 e. The van der Waals surface area contributed by atoms with E-state index in [0.717, 1.165) is 41.7 Å².